The van der Waals surface area contributed by atoms with Gasteiger partial charge < -0.3 is 10.4 Å². The molecule has 0 bridgehead atoms. The van der Waals surface area contributed by atoms with Crippen LogP contribution in [0, 0.1) is 25.7 Å². The van der Waals surface area contributed by atoms with E-state index in [0.29, 0.717) is 13.0 Å². The van der Waals surface area contributed by atoms with Crippen LogP contribution >= 0.6 is 22.7 Å². The molecule has 0 radical (unpaired) electrons. The summed E-state index contributed by atoms with van der Waals surface area (Å²) in [5.74, 6) is 5.85. The van der Waals surface area contributed by atoms with E-state index in [4.69, 9.17) is 5.11 Å². The maximum Gasteiger partial charge on any atom is 0.261 e. The fourth-order valence-corrected chi connectivity index (χ4v) is 3.46. The first-order chi connectivity index (χ1) is 10.1. The molecule has 2 heterocycles. The Morgan fingerprint density at radius 1 is 1.33 bits per heavy atom. The third kappa shape index (κ3) is 4.43. The van der Waals surface area contributed by atoms with Crippen LogP contribution in [0.15, 0.2) is 18.2 Å². The Kier molecular flexibility index (Phi) is 5.57. The first-order valence-electron chi connectivity index (χ1n) is 6.64. The van der Waals surface area contributed by atoms with E-state index in [9.17, 15) is 4.79 Å². The van der Waals surface area contributed by atoms with Crippen molar-refractivity contribution < 1.29 is 9.90 Å². The van der Waals surface area contributed by atoms with Gasteiger partial charge in [0, 0.05) is 16.2 Å². The predicted octanol–water partition coefficient (Wildman–Crippen LogP) is 3.09. The Labute approximate surface area is 132 Å². The van der Waals surface area contributed by atoms with E-state index >= 15 is 0 Å². The zero-order chi connectivity index (χ0) is 15.2. The van der Waals surface area contributed by atoms with Gasteiger partial charge >= 0.3 is 0 Å². The number of aliphatic hydroxyl groups excluding tert-OH is 1. The summed E-state index contributed by atoms with van der Waals surface area (Å²) in [6.07, 6.45) is 0.487. The molecule has 0 atom stereocenters. The lowest BCUT2D eigenvalue weighted by atomic mass is 10.3. The number of hydrogen-bond acceptors (Lipinski definition) is 4. The molecule has 3 nitrogen and oxygen atoms in total. The molecule has 110 valence electrons. The van der Waals surface area contributed by atoms with Crippen molar-refractivity contribution in [1.29, 1.82) is 0 Å². The zero-order valence-corrected chi connectivity index (χ0v) is 13.7. The highest BCUT2D eigenvalue weighted by Gasteiger charge is 2.10. The maximum atomic E-state index is 12.0. The largest absolute Gasteiger partial charge is 0.395 e. The molecule has 0 aliphatic rings. The molecule has 5 heteroatoms. The van der Waals surface area contributed by atoms with Gasteiger partial charge in [0.2, 0.25) is 0 Å². The number of hydrogen-bond donors (Lipinski definition) is 2. The zero-order valence-electron chi connectivity index (χ0n) is 12.0. The number of carbonyl (C=O) groups excluding carboxylic acids is 1. The van der Waals surface area contributed by atoms with Crippen molar-refractivity contribution in [2.75, 3.05) is 6.61 Å². The molecule has 2 N–H and O–H groups in total. The number of aryl methyl sites for hydroxylation is 2. The standard InChI is InChI=1S/C16H17NO2S2/c1-11-9-15(20-12(11)2)16(19)17-10-14-7-6-13(21-14)5-3-4-8-18/h6-7,9,18H,4,8,10H2,1-2H3,(H,17,19). The number of thiophene rings is 2. The highest BCUT2D eigenvalue weighted by molar-refractivity contribution is 7.14. The van der Waals surface area contributed by atoms with Crippen molar-refractivity contribution in [1.82, 2.24) is 5.32 Å². The van der Waals surface area contributed by atoms with E-state index in [2.05, 4.69) is 17.2 Å². The lowest BCUT2D eigenvalue weighted by molar-refractivity contribution is 0.0955. The molecule has 21 heavy (non-hydrogen) atoms. The summed E-state index contributed by atoms with van der Waals surface area (Å²) >= 11 is 3.08. The van der Waals surface area contributed by atoms with Gasteiger partial charge in [0.25, 0.3) is 5.91 Å². The van der Waals surface area contributed by atoms with Gasteiger partial charge in [-0.25, -0.2) is 0 Å². The molecule has 0 aliphatic heterocycles. The molecule has 0 aromatic carbocycles. The van der Waals surface area contributed by atoms with Gasteiger partial charge in [0.1, 0.15) is 0 Å². The Balaban J connectivity index is 1.91. The number of nitrogens with one attached hydrogen (secondary N) is 1. The Bertz CT molecular complexity index is 669. The molecule has 0 saturated carbocycles. The molecule has 0 spiro atoms. The SMILES string of the molecule is Cc1cc(C(=O)NCc2ccc(C#CCCO)s2)sc1C. The van der Waals surface area contributed by atoms with Gasteiger partial charge in [-0.1, -0.05) is 11.8 Å². The lowest BCUT2D eigenvalue weighted by Gasteiger charge is -2.00. The van der Waals surface area contributed by atoms with Gasteiger partial charge in [-0.2, -0.15) is 0 Å². The van der Waals surface area contributed by atoms with Crippen molar-refractivity contribution in [2.45, 2.75) is 26.8 Å². The number of aliphatic hydroxyl groups is 1. The molecule has 1 amide bonds. The first kappa shape index (κ1) is 15.8. The third-order valence-electron chi connectivity index (χ3n) is 2.92. The second-order valence-corrected chi connectivity index (χ2v) is 7.00. The van der Waals surface area contributed by atoms with Crippen LogP contribution in [-0.2, 0) is 6.54 Å². The van der Waals surface area contributed by atoms with Crippen LogP contribution in [0.1, 0.15) is 36.3 Å². The van der Waals surface area contributed by atoms with E-state index in [-0.39, 0.29) is 12.5 Å². The topological polar surface area (TPSA) is 49.3 Å². The molecule has 0 unspecified atom stereocenters. The Hall–Kier alpha value is -1.61. The summed E-state index contributed by atoms with van der Waals surface area (Å²) in [6.45, 7) is 4.63. The van der Waals surface area contributed by atoms with Crippen LogP contribution < -0.4 is 5.32 Å². The lowest BCUT2D eigenvalue weighted by Crippen LogP contribution is -2.21. The van der Waals surface area contributed by atoms with Crippen molar-refractivity contribution in [3.8, 4) is 11.8 Å². The predicted molar refractivity (Wildman–Crippen MR) is 87.9 cm³/mol. The minimum absolute atomic E-state index is 0.0301. The van der Waals surface area contributed by atoms with E-state index in [1.807, 2.05) is 32.0 Å². The van der Waals surface area contributed by atoms with Crippen LogP contribution in [0.2, 0.25) is 0 Å². The van der Waals surface area contributed by atoms with Crippen molar-refractivity contribution >= 4 is 28.6 Å². The molecule has 2 rings (SSSR count). The van der Waals surface area contributed by atoms with Crippen LogP contribution in [0.5, 0.6) is 0 Å². The van der Waals surface area contributed by atoms with E-state index in [1.165, 1.54) is 16.2 Å². The van der Waals surface area contributed by atoms with Gasteiger partial charge in [-0.3, -0.25) is 4.79 Å². The van der Waals surface area contributed by atoms with Crippen LogP contribution in [-0.4, -0.2) is 17.6 Å². The third-order valence-corrected chi connectivity index (χ3v) is 5.07. The highest BCUT2D eigenvalue weighted by atomic mass is 32.1. The molecular formula is C16H17NO2S2. The van der Waals surface area contributed by atoms with E-state index in [1.54, 1.807) is 11.3 Å². The fourth-order valence-electron chi connectivity index (χ4n) is 1.69. The number of carbonyl (C=O) groups is 1. The highest BCUT2D eigenvalue weighted by Crippen LogP contribution is 2.21. The molecular weight excluding hydrogens is 302 g/mol. The maximum absolute atomic E-state index is 12.0. The normalized spacial score (nSPS) is 10.0. The van der Waals surface area contributed by atoms with Crippen LogP contribution in [0.3, 0.4) is 0 Å². The average Bonchev–Trinajstić information content (AvgIpc) is 3.04. The van der Waals surface area contributed by atoms with E-state index in [0.717, 1.165) is 20.2 Å². The minimum Gasteiger partial charge on any atom is -0.395 e. The fraction of sp³-hybridized carbons (Fsp3) is 0.312. The van der Waals surface area contributed by atoms with Gasteiger partial charge in [-0.05, 0) is 37.6 Å². The number of rotatable bonds is 4. The quantitative estimate of drug-likeness (QED) is 0.851. The molecule has 0 fully saturated rings. The number of amides is 1. The summed E-state index contributed by atoms with van der Waals surface area (Å²) in [5, 5.41) is 11.6. The molecule has 2 aromatic rings. The second kappa shape index (κ2) is 7.41. The summed E-state index contributed by atoms with van der Waals surface area (Å²) in [4.78, 5) is 16.0. The smallest absolute Gasteiger partial charge is 0.261 e. The Morgan fingerprint density at radius 3 is 2.81 bits per heavy atom. The summed E-state index contributed by atoms with van der Waals surface area (Å²) in [7, 11) is 0. The summed E-state index contributed by atoms with van der Waals surface area (Å²) in [6, 6.07) is 5.84. The first-order valence-corrected chi connectivity index (χ1v) is 8.27. The van der Waals surface area contributed by atoms with Crippen LogP contribution in [0.4, 0.5) is 0 Å². The van der Waals surface area contributed by atoms with Gasteiger partial charge in [-0.15, -0.1) is 22.7 Å². The molecule has 2 aromatic heterocycles. The summed E-state index contributed by atoms with van der Waals surface area (Å²) in [5.41, 5.74) is 1.16. The summed E-state index contributed by atoms with van der Waals surface area (Å²) < 4.78 is 0. The monoisotopic (exact) mass is 319 g/mol. The van der Waals surface area contributed by atoms with Gasteiger partial charge in [0.05, 0.1) is 22.9 Å². The second-order valence-electron chi connectivity index (χ2n) is 4.57. The van der Waals surface area contributed by atoms with E-state index < -0.39 is 0 Å². The average molecular weight is 319 g/mol. The molecule has 0 saturated heterocycles. The Morgan fingerprint density at radius 2 is 2.14 bits per heavy atom. The van der Waals surface area contributed by atoms with Gasteiger partial charge in [0.15, 0.2) is 0 Å². The van der Waals surface area contributed by atoms with Crippen LogP contribution in [0.25, 0.3) is 0 Å². The van der Waals surface area contributed by atoms with Crippen molar-refractivity contribution in [3.63, 3.8) is 0 Å². The van der Waals surface area contributed by atoms with Crippen molar-refractivity contribution in [2.24, 2.45) is 0 Å². The molecule has 0 aliphatic carbocycles. The minimum atomic E-state index is -0.0301. The van der Waals surface area contributed by atoms with Crippen molar-refractivity contribution in [3.05, 3.63) is 43.3 Å².